The second kappa shape index (κ2) is 8.74. The lowest BCUT2D eigenvalue weighted by atomic mass is 10.3. The SMILES string of the molecule is CC(OC(=O)Cn1c(=O)c2c(ncn2C)n(C)c1=O)C(=O)Nc1cc(Cl)c(Cl)cc1Cl. The summed E-state index contributed by atoms with van der Waals surface area (Å²) in [6.45, 7) is 0.641. The summed E-state index contributed by atoms with van der Waals surface area (Å²) in [5.74, 6) is -1.65. The van der Waals surface area contributed by atoms with Crippen LogP contribution in [0, 0.1) is 0 Å². The van der Waals surface area contributed by atoms with Crippen LogP contribution in [0.15, 0.2) is 28.0 Å². The zero-order valence-corrected chi connectivity index (χ0v) is 18.7. The van der Waals surface area contributed by atoms with Gasteiger partial charge in [0.2, 0.25) is 0 Å². The average molecular weight is 489 g/mol. The lowest BCUT2D eigenvalue weighted by Gasteiger charge is -2.15. The fourth-order valence-electron chi connectivity index (χ4n) is 2.81. The number of rotatable bonds is 5. The van der Waals surface area contributed by atoms with E-state index >= 15 is 0 Å². The highest BCUT2D eigenvalue weighted by Crippen LogP contribution is 2.32. The number of carbonyl (C=O) groups excluding carboxylic acids is 2. The van der Waals surface area contributed by atoms with Gasteiger partial charge in [0.25, 0.3) is 11.5 Å². The summed E-state index contributed by atoms with van der Waals surface area (Å²) in [5, 5.41) is 2.99. The van der Waals surface area contributed by atoms with E-state index in [2.05, 4.69) is 10.3 Å². The number of benzene rings is 1. The van der Waals surface area contributed by atoms with Crippen LogP contribution >= 0.6 is 34.8 Å². The number of hydrogen-bond acceptors (Lipinski definition) is 6. The van der Waals surface area contributed by atoms with E-state index in [0.29, 0.717) is 4.57 Å². The normalized spacial score (nSPS) is 12.1. The molecule has 0 aliphatic rings. The topological polar surface area (TPSA) is 117 Å². The number of anilines is 1. The van der Waals surface area contributed by atoms with Gasteiger partial charge < -0.3 is 14.6 Å². The third-order valence-electron chi connectivity index (χ3n) is 4.43. The molecule has 31 heavy (non-hydrogen) atoms. The Hall–Kier alpha value is -2.82. The number of nitrogens with one attached hydrogen (secondary N) is 1. The van der Waals surface area contributed by atoms with E-state index in [1.165, 1.54) is 37.0 Å². The first-order valence-electron chi connectivity index (χ1n) is 8.77. The lowest BCUT2D eigenvalue weighted by molar-refractivity contribution is -0.153. The molecule has 0 bridgehead atoms. The molecule has 10 nitrogen and oxygen atoms in total. The summed E-state index contributed by atoms with van der Waals surface area (Å²) in [7, 11) is 3.01. The molecule has 0 saturated carbocycles. The molecule has 3 aromatic rings. The van der Waals surface area contributed by atoms with Crippen LogP contribution in [0.1, 0.15) is 6.92 Å². The first-order valence-corrected chi connectivity index (χ1v) is 9.90. The molecule has 0 aliphatic carbocycles. The van der Waals surface area contributed by atoms with Crippen molar-refractivity contribution < 1.29 is 14.3 Å². The molecule has 1 atom stereocenters. The van der Waals surface area contributed by atoms with Gasteiger partial charge in [-0.25, -0.2) is 14.3 Å². The summed E-state index contributed by atoms with van der Waals surface area (Å²) < 4.78 is 8.37. The van der Waals surface area contributed by atoms with Crippen molar-refractivity contribution in [3.05, 3.63) is 54.4 Å². The van der Waals surface area contributed by atoms with E-state index in [1.807, 2.05) is 0 Å². The van der Waals surface area contributed by atoms with Crippen molar-refractivity contribution in [1.29, 1.82) is 0 Å². The standard InChI is InChI=1S/C18H16Cl3N5O5/c1-8(16(28)23-12-5-10(20)9(19)4-11(12)21)31-13(27)6-26-17(29)14-15(22-7-24(14)2)25(3)18(26)30/h4-5,7-8H,6H2,1-3H3,(H,23,28). The van der Waals surface area contributed by atoms with Crippen LogP contribution in [-0.2, 0) is 35.0 Å². The summed E-state index contributed by atoms with van der Waals surface area (Å²) in [6.07, 6.45) is 0.132. The number of amides is 1. The van der Waals surface area contributed by atoms with Gasteiger partial charge in [0.05, 0.1) is 27.1 Å². The second-order valence-electron chi connectivity index (χ2n) is 6.63. The monoisotopic (exact) mass is 487 g/mol. The molecule has 0 fully saturated rings. The number of fused-ring (bicyclic) bond motifs is 1. The van der Waals surface area contributed by atoms with E-state index < -0.39 is 35.8 Å². The van der Waals surface area contributed by atoms with Crippen molar-refractivity contribution in [3.63, 3.8) is 0 Å². The van der Waals surface area contributed by atoms with Crippen LogP contribution in [0.5, 0.6) is 0 Å². The van der Waals surface area contributed by atoms with Gasteiger partial charge in [-0.3, -0.25) is 19.0 Å². The van der Waals surface area contributed by atoms with Crippen molar-refractivity contribution in [1.82, 2.24) is 18.7 Å². The van der Waals surface area contributed by atoms with Gasteiger partial charge in [-0.1, -0.05) is 34.8 Å². The van der Waals surface area contributed by atoms with Crippen molar-refractivity contribution in [2.75, 3.05) is 5.32 Å². The maximum atomic E-state index is 12.6. The van der Waals surface area contributed by atoms with E-state index in [0.717, 1.165) is 4.57 Å². The van der Waals surface area contributed by atoms with Crippen molar-refractivity contribution in [2.24, 2.45) is 14.1 Å². The Morgan fingerprint density at radius 3 is 2.45 bits per heavy atom. The first kappa shape index (κ1) is 22.9. The fraction of sp³-hybridized carbons (Fsp3) is 0.278. The van der Waals surface area contributed by atoms with Crippen LogP contribution in [0.25, 0.3) is 11.2 Å². The number of halogens is 3. The highest BCUT2D eigenvalue weighted by atomic mass is 35.5. The molecule has 0 radical (unpaired) electrons. The van der Waals surface area contributed by atoms with E-state index in [1.54, 1.807) is 7.05 Å². The van der Waals surface area contributed by atoms with Crippen LogP contribution in [0.3, 0.4) is 0 Å². The van der Waals surface area contributed by atoms with Gasteiger partial charge >= 0.3 is 11.7 Å². The number of imidazole rings is 1. The lowest BCUT2D eigenvalue weighted by Crippen LogP contribution is -2.42. The van der Waals surface area contributed by atoms with Crippen molar-refractivity contribution >= 4 is 63.5 Å². The van der Waals surface area contributed by atoms with Crippen molar-refractivity contribution in [2.45, 2.75) is 19.6 Å². The number of aromatic nitrogens is 4. The summed E-state index contributed by atoms with van der Waals surface area (Å²) in [4.78, 5) is 53.8. The van der Waals surface area contributed by atoms with Crippen LogP contribution in [0.2, 0.25) is 15.1 Å². The Morgan fingerprint density at radius 2 is 1.77 bits per heavy atom. The molecule has 0 saturated heterocycles. The molecule has 2 heterocycles. The number of hydrogen-bond donors (Lipinski definition) is 1. The molecule has 0 spiro atoms. The largest absolute Gasteiger partial charge is 0.451 e. The third-order valence-corrected chi connectivity index (χ3v) is 5.47. The minimum Gasteiger partial charge on any atom is -0.451 e. The quantitative estimate of drug-likeness (QED) is 0.433. The smallest absolute Gasteiger partial charge is 0.333 e. The zero-order valence-electron chi connectivity index (χ0n) is 16.5. The van der Waals surface area contributed by atoms with Gasteiger partial charge in [-0.2, -0.15) is 0 Å². The molecule has 0 aliphatic heterocycles. The number of esters is 1. The Morgan fingerprint density at radius 1 is 1.13 bits per heavy atom. The average Bonchev–Trinajstić information content (AvgIpc) is 3.09. The van der Waals surface area contributed by atoms with Crippen molar-refractivity contribution in [3.8, 4) is 0 Å². The van der Waals surface area contributed by atoms with E-state index in [4.69, 9.17) is 39.5 Å². The molecule has 3 rings (SSSR count). The predicted molar refractivity (Wildman–Crippen MR) is 116 cm³/mol. The minimum absolute atomic E-state index is 0.140. The number of aryl methyl sites for hydroxylation is 2. The first-order chi connectivity index (χ1) is 14.5. The predicted octanol–water partition coefficient (Wildman–Crippen LogP) is 1.96. The maximum absolute atomic E-state index is 12.6. The maximum Gasteiger partial charge on any atom is 0.333 e. The number of nitrogens with zero attached hydrogens (tertiary/aromatic N) is 4. The van der Waals surface area contributed by atoms with Crippen LogP contribution < -0.4 is 16.6 Å². The van der Waals surface area contributed by atoms with Gasteiger partial charge in [0.15, 0.2) is 17.3 Å². The Kier molecular flexibility index (Phi) is 6.44. The van der Waals surface area contributed by atoms with E-state index in [-0.39, 0.29) is 31.9 Å². The summed E-state index contributed by atoms with van der Waals surface area (Å²) >= 11 is 17.8. The summed E-state index contributed by atoms with van der Waals surface area (Å²) in [6, 6.07) is 2.71. The van der Waals surface area contributed by atoms with E-state index in [9.17, 15) is 19.2 Å². The summed E-state index contributed by atoms with van der Waals surface area (Å²) in [5.41, 5.74) is -0.929. The molecule has 1 unspecified atom stereocenters. The van der Waals surface area contributed by atoms with Crippen LogP contribution in [-0.4, -0.2) is 36.7 Å². The van der Waals surface area contributed by atoms with Gasteiger partial charge in [0.1, 0.15) is 6.54 Å². The minimum atomic E-state index is -1.25. The van der Waals surface area contributed by atoms with Gasteiger partial charge in [-0.05, 0) is 19.1 Å². The number of carbonyl (C=O) groups is 2. The van der Waals surface area contributed by atoms with Crippen LogP contribution in [0.4, 0.5) is 5.69 Å². The Balaban J connectivity index is 1.76. The molecular weight excluding hydrogens is 473 g/mol. The molecule has 2 aromatic heterocycles. The van der Waals surface area contributed by atoms with Gasteiger partial charge in [-0.15, -0.1) is 0 Å². The second-order valence-corrected chi connectivity index (χ2v) is 7.85. The molecule has 1 aromatic carbocycles. The zero-order chi connectivity index (χ0) is 23.0. The fourth-order valence-corrected chi connectivity index (χ4v) is 3.40. The molecule has 164 valence electrons. The molecule has 1 amide bonds. The molecule has 13 heteroatoms. The third kappa shape index (κ3) is 4.46. The highest BCUT2D eigenvalue weighted by molar-refractivity contribution is 6.44. The van der Waals surface area contributed by atoms with Gasteiger partial charge in [0, 0.05) is 14.1 Å². The Bertz CT molecular complexity index is 1330. The molecular formula is C18H16Cl3N5O5. The highest BCUT2D eigenvalue weighted by Gasteiger charge is 2.22. The number of ether oxygens (including phenoxy) is 1. The Labute approximate surface area is 189 Å². The molecule has 1 N–H and O–H groups in total.